The van der Waals surface area contributed by atoms with Crippen LogP contribution in [-0.4, -0.2) is 13.2 Å². The van der Waals surface area contributed by atoms with Crippen LogP contribution in [0.5, 0.6) is 0 Å². The van der Waals surface area contributed by atoms with Crippen molar-refractivity contribution in [2.24, 2.45) is 0 Å². The van der Waals surface area contributed by atoms with Gasteiger partial charge < -0.3 is 9.47 Å². The molecule has 0 unspecified atom stereocenters. The molecule has 0 radical (unpaired) electrons. The maximum atomic E-state index is 13.3. The van der Waals surface area contributed by atoms with Gasteiger partial charge in [-0.05, 0) is 34.7 Å². The average molecular weight is 373 g/mol. The van der Waals surface area contributed by atoms with E-state index in [1.54, 1.807) is 6.07 Å². The smallest absolute Gasteiger partial charge is 0.185 e. The minimum Gasteiger partial charge on any atom is -0.346 e. The van der Waals surface area contributed by atoms with Gasteiger partial charge >= 0.3 is 0 Å². The first-order valence-electron chi connectivity index (χ1n) is 4.06. The second-order valence-electron chi connectivity index (χ2n) is 2.86. The van der Waals surface area contributed by atoms with Crippen LogP contribution in [0, 0.1) is 9.39 Å². The number of hydrogen-bond acceptors (Lipinski definition) is 2. The van der Waals surface area contributed by atoms with Gasteiger partial charge in [-0.25, -0.2) is 4.39 Å². The van der Waals surface area contributed by atoms with Gasteiger partial charge in [-0.2, -0.15) is 0 Å². The summed E-state index contributed by atoms with van der Waals surface area (Å²) >= 11 is 5.30. The van der Waals surface area contributed by atoms with E-state index in [1.165, 1.54) is 6.07 Å². The molecule has 1 aromatic rings. The Hall–Kier alpha value is 0.280. The van der Waals surface area contributed by atoms with Gasteiger partial charge in [0.15, 0.2) is 6.29 Å². The summed E-state index contributed by atoms with van der Waals surface area (Å²) in [6.07, 6.45) is -0.434. The summed E-state index contributed by atoms with van der Waals surface area (Å²) in [7, 11) is 0. The van der Waals surface area contributed by atoms with Crippen molar-refractivity contribution in [2.75, 3.05) is 13.2 Å². The molecule has 1 aliphatic rings. The van der Waals surface area contributed by atoms with Crippen molar-refractivity contribution in [1.29, 1.82) is 0 Å². The fourth-order valence-electron chi connectivity index (χ4n) is 1.26. The maximum Gasteiger partial charge on any atom is 0.185 e. The van der Waals surface area contributed by atoms with E-state index in [0.717, 1.165) is 4.47 Å². The summed E-state index contributed by atoms with van der Waals surface area (Å²) in [4.78, 5) is 0. The van der Waals surface area contributed by atoms with Crippen molar-refractivity contribution in [3.8, 4) is 0 Å². The molecule has 2 rings (SSSR count). The molecule has 1 heterocycles. The lowest BCUT2D eigenvalue weighted by molar-refractivity contribution is -0.0448. The maximum absolute atomic E-state index is 13.3. The van der Waals surface area contributed by atoms with E-state index in [1.807, 2.05) is 22.6 Å². The third-order valence-electron chi connectivity index (χ3n) is 1.92. The molecule has 0 N–H and O–H groups in total. The zero-order chi connectivity index (χ0) is 10.1. The SMILES string of the molecule is Fc1cc(C2OCCO2)c(Br)cc1I. The quantitative estimate of drug-likeness (QED) is 0.556. The van der Waals surface area contributed by atoms with Gasteiger partial charge in [0.05, 0.1) is 13.2 Å². The number of ether oxygens (including phenoxy) is 2. The first-order chi connectivity index (χ1) is 6.68. The van der Waals surface area contributed by atoms with Crippen molar-refractivity contribution in [2.45, 2.75) is 6.29 Å². The van der Waals surface area contributed by atoms with Gasteiger partial charge in [0.1, 0.15) is 5.82 Å². The minimum atomic E-state index is -0.434. The summed E-state index contributed by atoms with van der Waals surface area (Å²) < 4.78 is 25.3. The van der Waals surface area contributed by atoms with Crippen LogP contribution in [0.3, 0.4) is 0 Å². The number of hydrogen-bond donors (Lipinski definition) is 0. The number of benzene rings is 1. The lowest BCUT2D eigenvalue weighted by Gasteiger charge is -2.11. The fraction of sp³-hybridized carbons (Fsp3) is 0.333. The molecule has 0 bridgehead atoms. The molecule has 0 saturated carbocycles. The highest BCUT2D eigenvalue weighted by Gasteiger charge is 2.22. The van der Waals surface area contributed by atoms with Crippen LogP contribution < -0.4 is 0 Å². The predicted octanol–water partition coefficient (Wildman–Crippen LogP) is 3.24. The molecule has 0 aliphatic carbocycles. The van der Waals surface area contributed by atoms with Gasteiger partial charge in [0.2, 0.25) is 0 Å². The molecule has 2 nitrogen and oxygen atoms in total. The Balaban J connectivity index is 2.37. The second-order valence-corrected chi connectivity index (χ2v) is 4.88. The summed E-state index contributed by atoms with van der Waals surface area (Å²) in [5.41, 5.74) is 0.709. The highest BCUT2D eigenvalue weighted by Crippen LogP contribution is 2.32. The van der Waals surface area contributed by atoms with Crippen LogP contribution in [0.15, 0.2) is 16.6 Å². The Morgan fingerprint density at radius 2 is 2.00 bits per heavy atom. The zero-order valence-electron chi connectivity index (χ0n) is 7.10. The van der Waals surface area contributed by atoms with Crippen LogP contribution in [-0.2, 0) is 9.47 Å². The van der Waals surface area contributed by atoms with Crippen molar-refractivity contribution in [3.63, 3.8) is 0 Å². The van der Waals surface area contributed by atoms with Gasteiger partial charge in [0.25, 0.3) is 0 Å². The molecule has 76 valence electrons. The largest absolute Gasteiger partial charge is 0.346 e. The number of halogens is 3. The molecular formula is C9H7BrFIO2. The Labute approximate surface area is 103 Å². The van der Waals surface area contributed by atoms with Gasteiger partial charge in [-0.3, -0.25) is 0 Å². The van der Waals surface area contributed by atoms with Gasteiger partial charge in [-0.1, -0.05) is 15.9 Å². The molecule has 1 aromatic carbocycles. The van der Waals surface area contributed by atoms with E-state index >= 15 is 0 Å². The van der Waals surface area contributed by atoms with Crippen LogP contribution in [0.2, 0.25) is 0 Å². The Morgan fingerprint density at radius 3 is 2.64 bits per heavy atom. The van der Waals surface area contributed by atoms with Gasteiger partial charge in [0, 0.05) is 13.6 Å². The van der Waals surface area contributed by atoms with E-state index in [4.69, 9.17) is 9.47 Å². The third-order valence-corrected chi connectivity index (χ3v) is 3.43. The van der Waals surface area contributed by atoms with Crippen molar-refractivity contribution >= 4 is 38.5 Å². The third kappa shape index (κ3) is 2.10. The summed E-state index contributed by atoms with van der Waals surface area (Å²) in [6.45, 7) is 1.12. The van der Waals surface area contributed by atoms with Crippen molar-refractivity contribution in [3.05, 3.63) is 31.6 Å². The normalized spacial score (nSPS) is 17.6. The molecule has 1 fully saturated rings. The molecular weight excluding hydrogens is 366 g/mol. The Morgan fingerprint density at radius 1 is 1.36 bits per heavy atom. The Bertz CT molecular complexity index is 353. The summed E-state index contributed by atoms with van der Waals surface area (Å²) in [5.74, 6) is -0.247. The lowest BCUT2D eigenvalue weighted by atomic mass is 10.2. The molecule has 1 saturated heterocycles. The highest BCUT2D eigenvalue weighted by molar-refractivity contribution is 14.1. The van der Waals surface area contributed by atoms with E-state index < -0.39 is 6.29 Å². The van der Waals surface area contributed by atoms with E-state index in [9.17, 15) is 4.39 Å². The minimum absolute atomic E-state index is 0.247. The molecule has 5 heteroatoms. The molecule has 0 spiro atoms. The first-order valence-corrected chi connectivity index (χ1v) is 5.93. The van der Waals surface area contributed by atoms with Crippen LogP contribution in [0.1, 0.15) is 11.9 Å². The van der Waals surface area contributed by atoms with Crippen molar-refractivity contribution < 1.29 is 13.9 Å². The molecule has 0 atom stereocenters. The topological polar surface area (TPSA) is 18.5 Å². The number of rotatable bonds is 1. The second kappa shape index (κ2) is 4.42. The van der Waals surface area contributed by atoms with Crippen LogP contribution in [0.25, 0.3) is 0 Å². The zero-order valence-corrected chi connectivity index (χ0v) is 10.8. The van der Waals surface area contributed by atoms with E-state index in [2.05, 4.69) is 15.9 Å². The first kappa shape index (κ1) is 10.8. The predicted molar refractivity (Wildman–Crippen MR) is 61.5 cm³/mol. The van der Waals surface area contributed by atoms with Crippen LogP contribution >= 0.6 is 38.5 Å². The monoisotopic (exact) mass is 372 g/mol. The highest BCUT2D eigenvalue weighted by atomic mass is 127. The van der Waals surface area contributed by atoms with E-state index in [0.29, 0.717) is 22.3 Å². The Kier molecular flexibility index (Phi) is 3.41. The molecule has 1 aliphatic heterocycles. The van der Waals surface area contributed by atoms with Gasteiger partial charge in [-0.15, -0.1) is 0 Å². The lowest BCUT2D eigenvalue weighted by Crippen LogP contribution is -2.00. The van der Waals surface area contributed by atoms with Crippen molar-refractivity contribution in [1.82, 2.24) is 0 Å². The van der Waals surface area contributed by atoms with Crippen LogP contribution in [0.4, 0.5) is 4.39 Å². The summed E-state index contributed by atoms with van der Waals surface area (Å²) in [6, 6.07) is 3.16. The fourth-order valence-corrected chi connectivity index (χ4v) is 2.68. The molecule has 14 heavy (non-hydrogen) atoms. The average Bonchev–Trinajstić information content (AvgIpc) is 2.64. The standard InChI is InChI=1S/C9H7BrFIO2/c10-6-4-8(12)7(11)3-5(6)9-13-1-2-14-9/h3-4,9H,1-2H2. The molecule has 0 amide bonds. The van der Waals surface area contributed by atoms with E-state index in [-0.39, 0.29) is 5.82 Å². The molecule has 0 aromatic heterocycles. The summed E-state index contributed by atoms with van der Waals surface area (Å²) in [5, 5.41) is 0.